The molecular formula is C21H22Br2N2O2. The molecule has 0 heterocycles. The van der Waals surface area contributed by atoms with Crippen molar-refractivity contribution in [2.45, 2.75) is 45.1 Å². The molecule has 2 aliphatic rings. The molecule has 6 heteroatoms. The number of rotatable bonds is 2. The maximum absolute atomic E-state index is 11.3. The van der Waals surface area contributed by atoms with Gasteiger partial charge in [0.1, 0.15) is 0 Å². The number of halogens is 2. The number of hydrogen-bond donors (Lipinski definition) is 2. The van der Waals surface area contributed by atoms with E-state index >= 15 is 0 Å². The summed E-state index contributed by atoms with van der Waals surface area (Å²) in [6, 6.07) is 12.5. The number of nitrogens with one attached hydrogen (secondary N) is 1. The molecule has 0 fully saturated rings. The van der Waals surface area contributed by atoms with E-state index in [2.05, 4.69) is 60.5 Å². The van der Waals surface area contributed by atoms with Crippen molar-refractivity contribution in [3.05, 3.63) is 67.6 Å². The van der Waals surface area contributed by atoms with Gasteiger partial charge in [-0.2, -0.15) is 0 Å². The van der Waals surface area contributed by atoms with Gasteiger partial charge in [-0.1, -0.05) is 56.1 Å². The Bertz CT molecular complexity index is 880. The second-order valence-electron chi connectivity index (χ2n) is 6.70. The number of benzene rings is 2. The lowest BCUT2D eigenvalue weighted by molar-refractivity contribution is -0.121. The van der Waals surface area contributed by atoms with Gasteiger partial charge in [0.2, 0.25) is 5.91 Å². The molecule has 0 saturated heterocycles. The van der Waals surface area contributed by atoms with E-state index < -0.39 is 0 Å². The summed E-state index contributed by atoms with van der Waals surface area (Å²) in [5, 5.41) is 15.0. The van der Waals surface area contributed by atoms with Crippen LogP contribution in [0.2, 0.25) is 0 Å². The number of carbonyl (C=O) groups excluding carboxylic acids is 1. The van der Waals surface area contributed by atoms with E-state index in [-0.39, 0.29) is 11.9 Å². The van der Waals surface area contributed by atoms with Crippen LogP contribution in [0.3, 0.4) is 0 Å². The predicted octanol–water partition coefficient (Wildman–Crippen LogP) is 5.54. The lowest BCUT2D eigenvalue weighted by Crippen LogP contribution is -2.26. The zero-order chi connectivity index (χ0) is 19.4. The molecule has 2 aromatic carbocycles. The first kappa shape index (κ1) is 20.1. The summed E-state index contributed by atoms with van der Waals surface area (Å²) < 4.78 is 2.20. The van der Waals surface area contributed by atoms with Crippen LogP contribution >= 0.6 is 31.9 Å². The highest BCUT2D eigenvalue weighted by molar-refractivity contribution is 9.10. The predicted molar refractivity (Wildman–Crippen MR) is 114 cm³/mol. The Labute approximate surface area is 176 Å². The minimum atomic E-state index is 0.135. The zero-order valence-electron chi connectivity index (χ0n) is 15.1. The van der Waals surface area contributed by atoms with Gasteiger partial charge in [-0.25, -0.2) is 0 Å². The molecule has 1 unspecified atom stereocenters. The third kappa shape index (κ3) is 4.79. The Morgan fingerprint density at radius 1 is 1.11 bits per heavy atom. The Hall–Kier alpha value is -1.66. The molecule has 1 atom stereocenters. The van der Waals surface area contributed by atoms with Crippen molar-refractivity contribution in [1.82, 2.24) is 5.32 Å². The lowest BCUT2D eigenvalue weighted by atomic mass is 10.1. The molecule has 2 aromatic rings. The fourth-order valence-corrected chi connectivity index (χ4v) is 4.39. The number of hydrogen-bond acceptors (Lipinski definition) is 3. The second-order valence-corrected chi connectivity index (χ2v) is 8.53. The van der Waals surface area contributed by atoms with Crippen LogP contribution in [0, 0.1) is 0 Å². The van der Waals surface area contributed by atoms with E-state index in [1.165, 1.54) is 16.7 Å². The van der Waals surface area contributed by atoms with Crippen LogP contribution in [0.4, 0.5) is 0 Å². The highest BCUT2D eigenvalue weighted by Gasteiger charge is 2.23. The minimum absolute atomic E-state index is 0.135. The molecule has 0 saturated carbocycles. The number of oxime groups is 1. The van der Waals surface area contributed by atoms with Gasteiger partial charge in [0.15, 0.2) is 0 Å². The van der Waals surface area contributed by atoms with Crippen molar-refractivity contribution in [2.24, 2.45) is 5.16 Å². The van der Waals surface area contributed by atoms with E-state index in [1.807, 2.05) is 25.1 Å². The van der Waals surface area contributed by atoms with Crippen LogP contribution in [0.1, 0.15) is 54.5 Å². The zero-order valence-corrected chi connectivity index (χ0v) is 18.3. The van der Waals surface area contributed by atoms with Crippen molar-refractivity contribution >= 4 is 43.5 Å². The molecule has 2 N–H and O–H groups in total. The normalized spacial score (nSPS) is 18.5. The van der Waals surface area contributed by atoms with Crippen LogP contribution in [0.25, 0.3) is 0 Å². The topological polar surface area (TPSA) is 61.7 Å². The number of aryl methyl sites for hydroxylation is 2. The largest absolute Gasteiger partial charge is 0.411 e. The van der Waals surface area contributed by atoms with Gasteiger partial charge in [-0.3, -0.25) is 4.79 Å². The van der Waals surface area contributed by atoms with E-state index in [0.717, 1.165) is 45.9 Å². The summed E-state index contributed by atoms with van der Waals surface area (Å²) in [6.45, 7) is 1.88. The van der Waals surface area contributed by atoms with E-state index in [4.69, 9.17) is 5.21 Å². The van der Waals surface area contributed by atoms with Crippen molar-refractivity contribution in [2.75, 3.05) is 0 Å². The SMILES string of the molecule is CCC(=O)NC1CCc2cc(Br)ccc21.ON=C1CCc2cc(Br)ccc21. The molecule has 4 nitrogen and oxygen atoms in total. The summed E-state index contributed by atoms with van der Waals surface area (Å²) >= 11 is 6.87. The molecule has 27 heavy (non-hydrogen) atoms. The summed E-state index contributed by atoms with van der Waals surface area (Å²) in [6.07, 6.45) is 4.47. The van der Waals surface area contributed by atoms with Crippen LogP contribution in [0.5, 0.6) is 0 Å². The van der Waals surface area contributed by atoms with Gasteiger partial charge < -0.3 is 10.5 Å². The van der Waals surface area contributed by atoms with E-state index in [1.54, 1.807) is 0 Å². The van der Waals surface area contributed by atoms with Crippen LogP contribution in [-0.2, 0) is 17.6 Å². The third-order valence-corrected chi connectivity index (χ3v) is 5.96. The number of amides is 1. The van der Waals surface area contributed by atoms with Crippen molar-refractivity contribution in [3.8, 4) is 0 Å². The summed E-state index contributed by atoms with van der Waals surface area (Å²) in [5.41, 5.74) is 5.78. The average molecular weight is 494 g/mol. The third-order valence-electron chi connectivity index (χ3n) is 4.97. The Kier molecular flexibility index (Phi) is 6.71. The highest BCUT2D eigenvalue weighted by Crippen LogP contribution is 2.32. The number of carbonyl (C=O) groups is 1. The fraction of sp³-hybridized carbons (Fsp3) is 0.333. The molecule has 1 amide bonds. The van der Waals surface area contributed by atoms with Crippen molar-refractivity contribution in [1.29, 1.82) is 0 Å². The Balaban J connectivity index is 0.000000159. The quantitative estimate of drug-likeness (QED) is 0.426. The summed E-state index contributed by atoms with van der Waals surface area (Å²) in [5.74, 6) is 0.135. The molecule has 2 aliphatic carbocycles. The van der Waals surface area contributed by atoms with Crippen LogP contribution in [-0.4, -0.2) is 16.8 Å². The molecule has 0 aromatic heterocycles. The van der Waals surface area contributed by atoms with Crippen LogP contribution < -0.4 is 5.32 Å². The van der Waals surface area contributed by atoms with E-state index in [9.17, 15) is 4.79 Å². The molecule has 0 bridgehead atoms. The maximum atomic E-state index is 11.3. The number of nitrogens with zero attached hydrogens (tertiary/aromatic N) is 1. The smallest absolute Gasteiger partial charge is 0.220 e. The van der Waals surface area contributed by atoms with E-state index in [0.29, 0.717) is 6.42 Å². The molecule has 4 rings (SSSR count). The number of fused-ring (bicyclic) bond motifs is 2. The first-order chi connectivity index (χ1) is 13.0. The molecule has 0 radical (unpaired) electrons. The van der Waals surface area contributed by atoms with Crippen molar-refractivity contribution < 1.29 is 10.0 Å². The van der Waals surface area contributed by atoms with Gasteiger partial charge in [-0.05, 0) is 66.6 Å². The molecular weight excluding hydrogens is 472 g/mol. The average Bonchev–Trinajstić information content (AvgIpc) is 3.25. The maximum Gasteiger partial charge on any atom is 0.220 e. The second kappa shape index (κ2) is 9.02. The van der Waals surface area contributed by atoms with Crippen molar-refractivity contribution in [3.63, 3.8) is 0 Å². The standard InChI is InChI=1S/C12H14BrNO.C9H8BrNO/c1-2-12(15)14-11-6-3-8-7-9(13)4-5-10(8)11;10-7-2-3-8-6(5-7)1-4-9(8)11-12/h4-5,7,11H,2-3,6H2,1H3,(H,14,15);2-3,5,12H,1,4H2. The van der Waals surface area contributed by atoms with Gasteiger partial charge in [0.05, 0.1) is 11.8 Å². The van der Waals surface area contributed by atoms with Gasteiger partial charge >= 0.3 is 0 Å². The molecule has 0 aliphatic heterocycles. The molecule has 142 valence electrons. The Morgan fingerprint density at radius 2 is 1.81 bits per heavy atom. The lowest BCUT2D eigenvalue weighted by Gasteiger charge is -2.13. The fourth-order valence-electron chi connectivity index (χ4n) is 3.57. The first-order valence-corrected chi connectivity index (χ1v) is 10.7. The first-order valence-electron chi connectivity index (χ1n) is 9.09. The summed E-state index contributed by atoms with van der Waals surface area (Å²) in [7, 11) is 0. The van der Waals surface area contributed by atoms with Gasteiger partial charge in [-0.15, -0.1) is 0 Å². The monoisotopic (exact) mass is 492 g/mol. The Morgan fingerprint density at radius 3 is 2.52 bits per heavy atom. The van der Waals surface area contributed by atoms with Crippen LogP contribution in [0.15, 0.2) is 50.5 Å². The highest BCUT2D eigenvalue weighted by atomic mass is 79.9. The van der Waals surface area contributed by atoms with Gasteiger partial charge in [0.25, 0.3) is 0 Å². The minimum Gasteiger partial charge on any atom is -0.411 e. The summed E-state index contributed by atoms with van der Waals surface area (Å²) in [4.78, 5) is 11.3. The van der Waals surface area contributed by atoms with Gasteiger partial charge in [0, 0.05) is 20.9 Å². The molecule has 0 spiro atoms.